The minimum absolute atomic E-state index is 0.129. The SMILES string of the molecule is Cc1ccccc1C(=O)N[C@H](C)c1nnc(SCc2ccc(Cl)cc2Cl)n1C. The average molecular weight is 435 g/mol. The van der Waals surface area contributed by atoms with Gasteiger partial charge in [0.1, 0.15) is 0 Å². The standard InChI is InChI=1S/C20H20Cl2N4OS/c1-12-6-4-5-7-16(12)19(27)23-13(2)18-24-25-20(26(18)3)28-11-14-8-9-15(21)10-17(14)22/h4-10,13H,11H2,1-3H3,(H,23,27)/t13-/m1/s1. The Kier molecular flexibility index (Phi) is 6.65. The molecule has 0 aliphatic heterocycles. The number of carbonyl (C=O) groups is 1. The van der Waals surface area contributed by atoms with Gasteiger partial charge in [0.05, 0.1) is 6.04 Å². The van der Waals surface area contributed by atoms with E-state index >= 15 is 0 Å². The summed E-state index contributed by atoms with van der Waals surface area (Å²) >= 11 is 13.7. The largest absolute Gasteiger partial charge is 0.342 e. The maximum absolute atomic E-state index is 12.5. The number of carbonyl (C=O) groups excluding carboxylic acids is 1. The number of thioether (sulfide) groups is 1. The maximum Gasteiger partial charge on any atom is 0.252 e. The third-order valence-electron chi connectivity index (χ3n) is 4.37. The summed E-state index contributed by atoms with van der Waals surface area (Å²) in [4.78, 5) is 12.5. The first-order chi connectivity index (χ1) is 13.4. The highest BCUT2D eigenvalue weighted by Crippen LogP contribution is 2.28. The van der Waals surface area contributed by atoms with E-state index in [2.05, 4.69) is 15.5 Å². The topological polar surface area (TPSA) is 59.8 Å². The van der Waals surface area contributed by atoms with Gasteiger partial charge in [-0.1, -0.05) is 59.2 Å². The molecule has 0 aliphatic rings. The summed E-state index contributed by atoms with van der Waals surface area (Å²) in [6.45, 7) is 3.81. The van der Waals surface area contributed by atoms with E-state index in [0.29, 0.717) is 27.2 Å². The van der Waals surface area contributed by atoms with Crippen LogP contribution in [0.4, 0.5) is 0 Å². The van der Waals surface area contributed by atoms with E-state index in [-0.39, 0.29) is 11.9 Å². The second-order valence-corrected chi connectivity index (χ2v) is 8.22. The summed E-state index contributed by atoms with van der Waals surface area (Å²) in [6.07, 6.45) is 0. The van der Waals surface area contributed by atoms with Crippen LogP contribution in [0.25, 0.3) is 0 Å². The molecular formula is C20H20Cl2N4OS. The zero-order valence-corrected chi connectivity index (χ0v) is 18.1. The van der Waals surface area contributed by atoms with Crippen molar-refractivity contribution in [1.29, 1.82) is 0 Å². The second-order valence-electron chi connectivity index (χ2n) is 6.43. The van der Waals surface area contributed by atoms with Crippen LogP contribution in [0, 0.1) is 6.92 Å². The molecule has 1 N–H and O–H groups in total. The van der Waals surface area contributed by atoms with Gasteiger partial charge < -0.3 is 9.88 Å². The van der Waals surface area contributed by atoms with Crippen LogP contribution in [-0.2, 0) is 12.8 Å². The molecule has 28 heavy (non-hydrogen) atoms. The normalized spacial score (nSPS) is 12.0. The highest BCUT2D eigenvalue weighted by atomic mass is 35.5. The van der Waals surface area contributed by atoms with Crippen LogP contribution in [0.15, 0.2) is 47.6 Å². The summed E-state index contributed by atoms with van der Waals surface area (Å²) in [5, 5.41) is 13.5. The lowest BCUT2D eigenvalue weighted by atomic mass is 10.1. The number of hydrogen-bond donors (Lipinski definition) is 1. The fraction of sp³-hybridized carbons (Fsp3) is 0.250. The van der Waals surface area contributed by atoms with Crippen LogP contribution in [0.2, 0.25) is 10.0 Å². The molecule has 0 saturated carbocycles. The van der Waals surface area contributed by atoms with Crippen molar-refractivity contribution in [3.63, 3.8) is 0 Å². The molecule has 0 aliphatic carbocycles. The predicted octanol–water partition coefficient (Wildman–Crippen LogP) is 5.21. The Bertz CT molecular complexity index is 1010. The van der Waals surface area contributed by atoms with Gasteiger partial charge in [-0.05, 0) is 43.2 Å². The lowest BCUT2D eigenvalue weighted by Gasteiger charge is -2.14. The fourth-order valence-corrected chi connectivity index (χ4v) is 4.25. The number of nitrogens with zero attached hydrogens (tertiary/aromatic N) is 3. The number of aryl methyl sites for hydroxylation is 1. The second kappa shape index (κ2) is 8.99. The van der Waals surface area contributed by atoms with E-state index in [1.165, 1.54) is 11.8 Å². The van der Waals surface area contributed by atoms with Crippen LogP contribution in [0.3, 0.4) is 0 Å². The molecule has 1 heterocycles. The van der Waals surface area contributed by atoms with Gasteiger partial charge in [-0.2, -0.15) is 0 Å². The van der Waals surface area contributed by atoms with E-state index in [4.69, 9.17) is 23.2 Å². The zero-order chi connectivity index (χ0) is 20.3. The van der Waals surface area contributed by atoms with Crippen molar-refractivity contribution in [2.24, 2.45) is 7.05 Å². The van der Waals surface area contributed by atoms with Crippen molar-refractivity contribution >= 4 is 40.9 Å². The average Bonchev–Trinajstić information content (AvgIpc) is 3.02. The van der Waals surface area contributed by atoms with Gasteiger partial charge in [-0.3, -0.25) is 4.79 Å². The van der Waals surface area contributed by atoms with Crippen molar-refractivity contribution in [2.45, 2.75) is 30.8 Å². The van der Waals surface area contributed by atoms with Gasteiger partial charge in [0.15, 0.2) is 11.0 Å². The number of aromatic nitrogens is 3. The molecule has 8 heteroatoms. The molecule has 1 amide bonds. The molecule has 146 valence electrons. The monoisotopic (exact) mass is 434 g/mol. The molecule has 0 fully saturated rings. The summed E-state index contributed by atoms with van der Waals surface area (Å²) in [6, 6.07) is 12.7. The highest BCUT2D eigenvalue weighted by molar-refractivity contribution is 7.98. The number of nitrogens with one attached hydrogen (secondary N) is 1. The Morgan fingerprint density at radius 2 is 1.96 bits per heavy atom. The number of amides is 1. The summed E-state index contributed by atoms with van der Waals surface area (Å²) < 4.78 is 1.89. The Labute approximate surface area is 178 Å². The first-order valence-corrected chi connectivity index (χ1v) is 10.4. The van der Waals surface area contributed by atoms with Crippen LogP contribution < -0.4 is 5.32 Å². The van der Waals surface area contributed by atoms with Crippen molar-refractivity contribution in [1.82, 2.24) is 20.1 Å². The molecule has 3 rings (SSSR count). The molecule has 1 atom stereocenters. The van der Waals surface area contributed by atoms with Gasteiger partial charge in [0.2, 0.25) is 0 Å². The molecule has 2 aromatic carbocycles. The summed E-state index contributed by atoms with van der Waals surface area (Å²) in [5.41, 5.74) is 2.56. The Hall–Kier alpha value is -2.02. The molecule has 0 unspecified atom stereocenters. The molecule has 1 aromatic heterocycles. The first-order valence-electron chi connectivity index (χ1n) is 8.69. The van der Waals surface area contributed by atoms with Gasteiger partial charge in [0.25, 0.3) is 5.91 Å². The van der Waals surface area contributed by atoms with E-state index in [1.54, 1.807) is 6.07 Å². The number of halogens is 2. The molecule has 5 nitrogen and oxygen atoms in total. The van der Waals surface area contributed by atoms with Gasteiger partial charge in [-0.15, -0.1) is 10.2 Å². The Morgan fingerprint density at radius 3 is 2.68 bits per heavy atom. The van der Waals surface area contributed by atoms with Crippen LogP contribution in [0.5, 0.6) is 0 Å². The molecule has 0 radical (unpaired) electrons. The van der Waals surface area contributed by atoms with E-state index < -0.39 is 0 Å². The lowest BCUT2D eigenvalue weighted by molar-refractivity contribution is 0.0937. The Morgan fingerprint density at radius 1 is 1.21 bits per heavy atom. The molecular weight excluding hydrogens is 415 g/mol. The minimum atomic E-state index is -0.280. The van der Waals surface area contributed by atoms with Crippen molar-refractivity contribution < 1.29 is 4.79 Å². The predicted molar refractivity (Wildman–Crippen MR) is 114 cm³/mol. The molecule has 3 aromatic rings. The van der Waals surface area contributed by atoms with E-state index in [9.17, 15) is 4.79 Å². The van der Waals surface area contributed by atoms with Crippen LogP contribution in [0.1, 0.15) is 40.3 Å². The summed E-state index contributed by atoms with van der Waals surface area (Å²) in [5.74, 6) is 1.20. The van der Waals surface area contributed by atoms with Crippen LogP contribution in [-0.4, -0.2) is 20.7 Å². The fourth-order valence-electron chi connectivity index (χ4n) is 2.78. The quantitative estimate of drug-likeness (QED) is 0.540. The molecule has 0 spiro atoms. The molecule has 0 bridgehead atoms. The van der Waals surface area contributed by atoms with Gasteiger partial charge in [-0.25, -0.2) is 0 Å². The van der Waals surface area contributed by atoms with Crippen molar-refractivity contribution in [3.8, 4) is 0 Å². The lowest BCUT2D eigenvalue weighted by Crippen LogP contribution is -2.29. The molecule has 0 saturated heterocycles. The van der Waals surface area contributed by atoms with Crippen molar-refractivity contribution in [2.75, 3.05) is 0 Å². The first kappa shape index (κ1) is 20.7. The third-order valence-corrected chi connectivity index (χ3v) is 6.02. The van der Waals surface area contributed by atoms with E-state index in [1.807, 2.05) is 61.9 Å². The van der Waals surface area contributed by atoms with Crippen LogP contribution >= 0.6 is 35.0 Å². The Balaban J connectivity index is 1.68. The zero-order valence-electron chi connectivity index (χ0n) is 15.7. The minimum Gasteiger partial charge on any atom is -0.342 e. The van der Waals surface area contributed by atoms with Crippen molar-refractivity contribution in [3.05, 3.63) is 75.0 Å². The number of benzene rings is 2. The smallest absolute Gasteiger partial charge is 0.252 e. The number of hydrogen-bond acceptors (Lipinski definition) is 4. The van der Waals surface area contributed by atoms with E-state index in [0.717, 1.165) is 16.3 Å². The highest BCUT2D eigenvalue weighted by Gasteiger charge is 2.19. The summed E-state index contributed by atoms with van der Waals surface area (Å²) in [7, 11) is 1.89. The third kappa shape index (κ3) is 4.69. The maximum atomic E-state index is 12.5. The van der Waals surface area contributed by atoms with Gasteiger partial charge in [0, 0.05) is 28.4 Å². The number of rotatable bonds is 6. The van der Waals surface area contributed by atoms with Gasteiger partial charge >= 0.3 is 0 Å².